The van der Waals surface area contributed by atoms with E-state index in [-0.39, 0.29) is 0 Å². The van der Waals surface area contributed by atoms with Gasteiger partial charge < -0.3 is 15.4 Å². The third kappa shape index (κ3) is 5.47. The number of aryl methyl sites for hydroxylation is 1. The molecule has 2 N–H and O–H groups in total. The molecule has 2 rings (SSSR count). The number of aliphatic imine (C=N–C) groups is 1. The summed E-state index contributed by atoms with van der Waals surface area (Å²) < 4.78 is 6.94. The molecule has 0 aromatic carbocycles. The molecular formula is C15H29N7O. The maximum absolute atomic E-state index is 5.19. The molecule has 0 amide bonds. The molecule has 1 saturated heterocycles. The molecule has 1 unspecified atom stereocenters. The van der Waals surface area contributed by atoms with Crippen molar-refractivity contribution in [3.8, 4) is 0 Å². The van der Waals surface area contributed by atoms with E-state index < -0.39 is 0 Å². The quantitative estimate of drug-likeness (QED) is 0.517. The SMILES string of the molecule is CCNC(=NCc1ncnn1C)NCC1CCCN1CCOC. The van der Waals surface area contributed by atoms with Crippen LogP contribution in [0.1, 0.15) is 25.6 Å². The lowest BCUT2D eigenvalue weighted by atomic mass is 10.2. The Morgan fingerprint density at radius 1 is 1.48 bits per heavy atom. The second-order valence-corrected chi connectivity index (χ2v) is 5.70. The fourth-order valence-electron chi connectivity index (χ4n) is 2.80. The Kier molecular flexibility index (Phi) is 7.28. The minimum absolute atomic E-state index is 0.518. The van der Waals surface area contributed by atoms with E-state index in [9.17, 15) is 0 Å². The average molecular weight is 323 g/mol. The summed E-state index contributed by atoms with van der Waals surface area (Å²) in [6, 6.07) is 0.545. The van der Waals surface area contributed by atoms with Crippen molar-refractivity contribution < 1.29 is 4.74 Å². The van der Waals surface area contributed by atoms with Crippen molar-refractivity contribution in [1.82, 2.24) is 30.3 Å². The van der Waals surface area contributed by atoms with Crippen LogP contribution in [0.25, 0.3) is 0 Å². The van der Waals surface area contributed by atoms with Crippen molar-refractivity contribution in [2.24, 2.45) is 12.0 Å². The highest BCUT2D eigenvalue weighted by Crippen LogP contribution is 2.15. The molecule has 1 aromatic rings. The fourth-order valence-corrected chi connectivity index (χ4v) is 2.80. The van der Waals surface area contributed by atoms with E-state index >= 15 is 0 Å². The Bertz CT molecular complexity index is 488. The number of nitrogens with zero attached hydrogens (tertiary/aromatic N) is 5. The van der Waals surface area contributed by atoms with E-state index in [2.05, 4.69) is 37.5 Å². The fraction of sp³-hybridized carbons (Fsp3) is 0.800. The van der Waals surface area contributed by atoms with Gasteiger partial charge in [-0.25, -0.2) is 9.98 Å². The highest BCUT2D eigenvalue weighted by molar-refractivity contribution is 5.79. The van der Waals surface area contributed by atoms with Gasteiger partial charge in [-0.3, -0.25) is 9.58 Å². The molecule has 130 valence electrons. The van der Waals surface area contributed by atoms with Gasteiger partial charge >= 0.3 is 0 Å². The minimum atomic E-state index is 0.518. The molecule has 2 heterocycles. The van der Waals surface area contributed by atoms with Crippen LogP contribution in [0.5, 0.6) is 0 Å². The number of rotatable bonds is 8. The molecule has 23 heavy (non-hydrogen) atoms. The van der Waals surface area contributed by atoms with E-state index in [0.717, 1.165) is 44.6 Å². The standard InChI is InChI=1S/C15H29N7O/c1-4-16-15(18-11-14-19-12-20-21(14)2)17-10-13-6-5-7-22(13)8-9-23-3/h12-13H,4-11H2,1-3H3,(H2,16,17,18). The summed E-state index contributed by atoms with van der Waals surface area (Å²) in [5.74, 6) is 1.68. The first kappa shape index (κ1) is 17.7. The highest BCUT2D eigenvalue weighted by Gasteiger charge is 2.23. The zero-order chi connectivity index (χ0) is 16.5. The molecule has 1 aromatic heterocycles. The number of hydrogen-bond donors (Lipinski definition) is 2. The summed E-state index contributed by atoms with van der Waals surface area (Å²) in [6.45, 7) is 7.26. The maximum Gasteiger partial charge on any atom is 0.191 e. The summed E-state index contributed by atoms with van der Waals surface area (Å²) in [7, 11) is 3.64. The van der Waals surface area contributed by atoms with Crippen LogP contribution < -0.4 is 10.6 Å². The van der Waals surface area contributed by atoms with Crippen LogP contribution in [0.4, 0.5) is 0 Å². The van der Waals surface area contributed by atoms with Crippen LogP contribution in [0.15, 0.2) is 11.3 Å². The Morgan fingerprint density at radius 3 is 3.04 bits per heavy atom. The zero-order valence-corrected chi connectivity index (χ0v) is 14.5. The monoisotopic (exact) mass is 323 g/mol. The number of ether oxygens (including phenoxy) is 1. The first-order chi connectivity index (χ1) is 11.2. The number of hydrogen-bond acceptors (Lipinski definition) is 5. The Labute approximate surface area is 138 Å². The number of aromatic nitrogens is 3. The summed E-state index contributed by atoms with van der Waals surface area (Å²) in [5, 5.41) is 10.8. The molecule has 0 spiro atoms. The molecule has 1 atom stereocenters. The normalized spacial score (nSPS) is 19.3. The van der Waals surface area contributed by atoms with Crippen LogP contribution in [-0.2, 0) is 18.3 Å². The topological polar surface area (TPSA) is 79.6 Å². The lowest BCUT2D eigenvalue weighted by Gasteiger charge is -2.25. The molecule has 8 nitrogen and oxygen atoms in total. The van der Waals surface area contributed by atoms with Gasteiger partial charge in [0, 0.05) is 39.8 Å². The minimum Gasteiger partial charge on any atom is -0.383 e. The van der Waals surface area contributed by atoms with Gasteiger partial charge in [0.25, 0.3) is 0 Å². The van der Waals surface area contributed by atoms with Gasteiger partial charge in [-0.05, 0) is 26.3 Å². The molecule has 0 radical (unpaired) electrons. The predicted molar refractivity (Wildman–Crippen MR) is 90.3 cm³/mol. The Morgan fingerprint density at radius 2 is 2.35 bits per heavy atom. The van der Waals surface area contributed by atoms with Gasteiger partial charge in [-0.15, -0.1) is 0 Å². The van der Waals surface area contributed by atoms with Gasteiger partial charge in [0.1, 0.15) is 18.7 Å². The van der Waals surface area contributed by atoms with E-state index in [0.29, 0.717) is 12.6 Å². The smallest absolute Gasteiger partial charge is 0.191 e. The van der Waals surface area contributed by atoms with Crippen molar-refractivity contribution in [3.63, 3.8) is 0 Å². The first-order valence-corrected chi connectivity index (χ1v) is 8.32. The van der Waals surface area contributed by atoms with Crippen molar-refractivity contribution in [2.75, 3.05) is 39.9 Å². The second kappa shape index (κ2) is 9.46. The van der Waals surface area contributed by atoms with Gasteiger partial charge in [0.2, 0.25) is 0 Å². The Balaban J connectivity index is 1.85. The third-order valence-electron chi connectivity index (χ3n) is 4.11. The van der Waals surface area contributed by atoms with Gasteiger partial charge in [0.05, 0.1) is 6.61 Å². The van der Waals surface area contributed by atoms with Crippen LogP contribution in [0, 0.1) is 0 Å². The first-order valence-electron chi connectivity index (χ1n) is 8.32. The van der Waals surface area contributed by atoms with Gasteiger partial charge in [-0.1, -0.05) is 0 Å². The maximum atomic E-state index is 5.19. The van der Waals surface area contributed by atoms with E-state index in [4.69, 9.17) is 4.74 Å². The summed E-state index contributed by atoms with van der Waals surface area (Å²) in [4.78, 5) is 11.3. The molecule has 8 heteroatoms. The Hall–Kier alpha value is -1.67. The van der Waals surface area contributed by atoms with Crippen molar-refractivity contribution in [3.05, 3.63) is 12.2 Å². The highest BCUT2D eigenvalue weighted by atomic mass is 16.5. The second-order valence-electron chi connectivity index (χ2n) is 5.70. The predicted octanol–water partition coefficient (Wildman–Crippen LogP) is -0.0190. The van der Waals surface area contributed by atoms with Crippen LogP contribution in [-0.4, -0.2) is 71.6 Å². The molecule has 1 aliphatic rings. The number of methoxy groups -OCH3 is 1. The van der Waals surface area contributed by atoms with Gasteiger partial charge in [0.15, 0.2) is 5.96 Å². The molecular weight excluding hydrogens is 294 g/mol. The summed E-state index contributed by atoms with van der Waals surface area (Å²) in [6.07, 6.45) is 4.03. The van der Waals surface area contributed by atoms with Crippen molar-refractivity contribution in [1.29, 1.82) is 0 Å². The lowest BCUT2D eigenvalue weighted by molar-refractivity contribution is 0.141. The van der Waals surface area contributed by atoms with Crippen LogP contribution in [0.2, 0.25) is 0 Å². The van der Waals surface area contributed by atoms with Crippen molar-refractivity contribution in [2.45, 2.75) is 32.4 Å². The third-order valence-corrected chi connectivity index (χ3v) is 4.11. The summed E-state index contributed by atoms with van der Waals surface area (Å²) >= 11 is 0. The van der Waals surface area contributed by atoms with E-state index in [1.165, 1.54) is 12.8 Å². The largest absolute Gasteiger partial charge is 0.383 e. The van der Waals surface area contributed by atoms with Crippen LogP contribution in [0.3, 0.4) is 0 Å². The molecule has 1 fully saturated rings. The lowest BCUT2D eigenvalue weighted by Crippen LogP contribution is -2.45. The number of likely N-dealkylation sites (tertiary alicyclic amines) is 1. The average Bonchev–Trinajstić information content (AvgIpc) is 3.17. The zero-order valence-electron chi connectivity index (χ0n) is 14.5. The number of guanidine groups is 1. The molecule has 0 saturated carbocycles. The van der Waals surface area contributed by atoms with E-state index in [1.54, 1.807) is 18.1 Å². The van der Waals surface area contributed by atoms with Crippen molar-refractivity contribution >= 4 is 5.96 Å². The molecule has 1 aliphatic heterocycles. The molecule has 0 aliphatic carbocycles. The molecule has 0 bridgehead atoms. The summed E-state index contributed by atoms with van der Waals surface area (Å²) in [5.41, 5.74) is 0. The van der Waals surface area contributed by atoms with Crippen LogP contribution >= 0.6 is 0 Å². The number of nitrogens with one attached hydrogen (secondary N) is 2. The van der Waals surface area contributed by atoms with E-state index in [1.807, 2.05) is 7.05 Å². The van der Waals surface area contributed by atoms with Gasteiger partial charge in [-0.2, -0.15) is 5.10 Å².